The normalized spacial score (nSPS) is 15.5. The van der Waals surface area contributed by atoms with Crippen molar-refractivity contribution in [1.82, 2.24) is 0 Å². The van der Waals surface area contributed by atoms with E-state index in [2.05, 4.69) is 24.3 Å². The van der Waals surface area contributed by atoms with Crippen molar-refractivity contribution in [1.29, 1.82) is 0 Å². The zero-order chi connectivity index (χ0) is 15.8. The number of rotatable bonds is 4. The summed E-state index contributed by atoms with van der Waals surface area (Å²) in [6.45, 7) is 2.66. The number of hydrogen-bond acceptors (Lipinski definition) is 3. The summed E-state index contributed by atoms with van der Waals surface area (Å²) >= 11 is 0. The first-order chi connectivity index (χ1) is 11.3. The van der Waals surface area contributed by atoms with Crippen molar-refractivity contribution < 1.29 is 14.2 Å². The van der Waals surface area contributed by atoms with Crippen LogP contribution in [0.25, 0.3) is 10.8 Å². The van der Waals surface area contributed by atoms with Gasteiger partial charge >= 0.3 is 0 Å². The van der Waals surface area contributed by atoms with Gasteiger partial charge in [-0.3, -0.25) is 0 Å². The molecule has 0 bridgehead atoms. The molecular weight excluding hydrogens is 288 g/mol. The Morgan fingerprint density at radius 2 is 1.83 bits per heavy atom. The maximum absolute atomic E-state index is 6.21. The van der Waals surface area contributed by atoms with Crippen LogP contribution in [0, 0.1) is 0 Å². The van der Waals surface area contributed by atoms with Gasteiger partial charge in [0.25, 0.3) is 0 Å². The number of methoxy groups -OCH3 is 1. The third kappa shape index (κ3) is 2.20. The fraction of sp³-hybridized carbons (Fsp3) is 0.200. The van der Waals surface area contributed by atoms with Gasteiger partial charge in [-0.2, -0.15) is 0 Å². The smallest absolute Gasteiger partial charge is 0.150 e. The molecule has 0 aliphatic carbocycles. The third-order valence-electron chi connectivity index (χ3n) is 4.24. The molecule has 0 amide bonds. The van der Waals surface area contributed by atoms with Crippen molar-refractivity contribution in [2.75, 3.05) is 13.7 Å². The van der Waals surface area contributed by atoms with Crippen molar-refractivity contribution >= 4 is 10.8 Å². The average molecular weight is 306 g/mol. The van der Waals surface area contributed by atoms with Gasteiger partial charge in [0.1, 0.15) is 23.4 Å². The van der Waals surface area contributed by atoms with Crippen LogP contribution in [0.3, 0.4) is 0 Å². The van der Waals surface area contributed by atoms with Crippen molar-refractivity contribution in [2.24, 2.45) is 0 Å². The average Bonchev–Trinajstić information content (AvgIpc) is 2.97. The highest BCUT2D eigenvalue weighted by Gasteiger charge is 2.28. The van der Waals surface area contributed by atoms with Crippen LogP contribution in [0.15, 0.2) is 54.6 Å². The second-order valence-electron chi connectivity index (χ2n) is 5.54. The summed E-state index contributed by atoms with van der Waals surface area (Å²) in [5.74, 6) is 2.67. The van der Waals surface area contributed by atoms with Crippen molar-refractivity contribution in [3.63, 3.8) is 0 Å². The fourth-order valence-corrected chi connectivity index (χ4v) is 3.21. The Morgan fingerprint density at radius 3 is 2.57 bits per heavy atom. The lowest BCUT2D eigenvalue weighted by Crippen LogP contribution is -2.04. The van der Waals surface area contributed by atoms with Crippen LogP contribution in [0.1, 0.15) is 24.2 Å². The van der Waals surface area contributed by atoms with Crippen LogP contribution in [-0.4, -0.2) is 13.7 Å². The van der Waals surface area contributed by atoms with E-state index in [9.17, 15) is 0 Å². The van der Waals surface area contributed by atoms with Gasteiger partial charge < -0.3 is 14.2 Å². The largest absolute Gasteiger partial charge is 0.496 e. The number of hydrogen-bond donors (Lipinski definition) is 0. The van der Waals surface area contributed by atoms with Crippen LogP contribution in [-0.2, 0) is 0 Å². The first-order valence-corrected chi connectivity index (χ1v) is 7.81. The molecule has 1 aliphatic heterocycles. The molecule has 0 aromatic heterocycles. The summed E-state index contributed by atoms with van der Waals surface area (Å²) in [6, 6.07) is 18.3. The predicted molar refractivity (Wildman–Crippen MR) is 90.6 cm³/mol. The van der Waals surface area contributed by atoms with Gasteiger partial charge in [0.15, 0.2) is 0 Å². The Kier molecular flexibility index (Phi) is 3.34. The molecule has 23 heavy (non-hydrogen) atoms. The van der Waals surface area contributed by atoms with E-state index in [1.165, 1.54) is 5.56 Å². The molecule has 3 nitrogen and oxygen atoms in total. The lowest BCUT2D eigenvalue weighted by Gasteiger charge is -2.14. The number of ether oxygens (including phenoxy) is 3. The summed E-state index contributed by atoms with van der Waals surface area (Å²) < 4.78 is 17.2. The van der Waals surface area contributed by atoms with Crippen LogP contribution in [0.2, 0.25) is 0 Å². The second-order valence-corrected chi connectivity index (χ2v) is 5.54. The van der Waals surface area contributed by atoms with Crippen molar-refractivity contribution in [3.05, 3.63) is 65.7 Å². The molecule has 3 aromatic rings. The summed E-state index contributed by atoms with van der Waals surface area (Å²) in [4.78, 5) is 0. The van der Waals surface area contributed by atoms with E-state index >= 15 is 0 Å². The molecular formula is C20H18O3. The Hall–Kier alpha value is -2.68. The highest BCUT2D eigenvalue weighted by molar-refractivity contribution is 5.97. The number of benzene rings is 3. The van der Waals surface area contributed by atoms with Gasteiger partial charge in [0.05, 0.1) is 13.7 Å². The topological polar surface area (TPSA) is 27.7 Å². The zero-order valence-corrected chi connectivity index (χ0v) is 13.2. The van der Waals surface area contributed by atoms with Crippen LogP contribution in [0.5, 0.6) is 17.2 Å². The van der Waals surface area contributed by atoms with Gasteiger partial charge in [-0.1, -0.05) is 30.3 Å². The minimum absolute atomic E-state index is 0.0866. The summed E-state index contributed by atoms with van der Waals surface area (Å²) in [7, 11) is 1.70. The molecule has 1 aliphatic rings. The Bertz CT molecular complexity index is 853. The van der Waals surface area contributed by atoms with Gasteiger partial charge in [0.2, 0.25) is 0 Å². The maximum Gasteiger partial charge on any atom is 0.150 e. The molecule has 0 radical (unpaired) electrons. The van der Waals surface area contributed by atoms with Gasteiger partial charge in [0, 0.05) is 16.3 Å². The Labute approximate surface area is 135 Å². The molecule has 1 atom stereocenters. The molecule has 0 fully saturated rings. The van der Waals surface area contributed by atoms with E-state index in [1.807, 2.05) is 37.3 Å². The third-order valence-corrected chi connectivity index (χ3v) is 4.24. The van der Waals surface area contributed by atoms with Gasteiger partial charge in [-0.15, -0.1) is 0 Å². The molecule has 0 spiro atoms. The molecule has 4 rings (SSSR count). The van der Waals surface area contributed by atoms with Crippen LogP contribution >= 0.6 is 0 Å². The van der Waals surface area contributed by atoms with E-state index in [-0.39, 0.29) is 6.10 Å². The quantitative estimate of drug-likeness (QED) is 0.697. The Balaban J connectivity index is 1.79. The van der Waals surface area contributed by atoms with Crippen LogP contribution < -0.4 is 14.2 Å². The van der Waals surface area contributed by atoms with E-state index in [4.69, 9.17) is 14.2 Å². The molecule has 3 heteroatoms. The second kappa shape index (κ2) is 5.51. The van der Waals surface area contributed by atoms with E-state index in [1.54, 1.807) is 7.11 Å². The lowest BCUT2D eigenvalue weighted by molar-refractivity contribution is 0.266. The molecule has 0 saturated carbocycles. The monoisotopic (exact) mass is 306 g/mol. The van der Waals surface area contributed by atoms with Crippen molar-refractivity contribution in [2.45, 2.75) is 13.0 Å². The fourth-order valence-electron chi connectivity index (χ4n) is 3.21. The minimum atomic E-state index is -0.0866. The first-order valence-electron chi connectivity index (χ1n) is 7.81. The van der Waals surface area contributed by atoms with Gasteiger partial charge in [-0.05, 0) is 36.8 Å². The van der Waals surface area contributed by atoms with Crippen molar-refractivity contribution in [3.8, 4) is 17.2 Å². The first kappa shape index (κ1) is 13.9. The molecule has 0 saturated heterocycles. The summed E-state index contributed by atoms with van der Waals surface area (Å²) in [5, 5.41) is 2.24. The summed E-state index contributed by atoms with van der Waals surface area (Å²) in [5.41, 5.74) is 2.30. The zero-order valence-electron chi connectivity index (χ0n) is 13.2. The highest BCUT2D eigenvalue weighted by atomic mass is 16.5. The molecule has 1 unspecified atom stereocenters. The highest BCUT2D eigenvalue weighted by Crippen LogP contribution is 2.46. The van der Waals surface area contributed by atoms with E-state index in [0.717, 1.165) is 33.6 Å². The van der Waals surface area contributed by atoms with E-state index < -0.39 is 0 Å². The van der Waals surface area contributed by atoms with E-state index in [0.29, 0.717) is 6.61 Å². The Morgan fingerprint density at radius 1 is 1.00 bits per heavy atom. The van der Waals surface area contributed by atoms with Crippen LogP contribution in [0.4, 0.5) is 0 Å². The maximum atomic E-state index is 6.21. The molecule has 1 heterocycles. The minimum Gasteiger partial charge on any atom is -0.496 e. The predicted octanol–water partition coefficient (Wildman–Crippen LogP) is 4.73. The SMILES string of the molecule is CCOc1ccc(C2Oc3cccc4c(OC)ccc2c34)cc1. The molecule has 3 aromatic carbocycles. The molecule has 0 N–H and O–H groups in total. The lowest BCUT2D eigenvalue weighted by atomic mass is 9.97. The van der Waals surface area contributed by atoms with Gasteiger partial charge in [-0.25, -0.2) is 0 Å². The molecule has 116 valence electrons. The standard InChI is InChI=1S/C20H18O3/c1-3-22-14-9-7-13(8-10-14)20-16-11-12-17(21-2)15-5-4-6-18(23-20)19(15)16/h4-12,20H,3H2,1-2H3. The summed E-state index contributed by atoms with van der Waals surface area (Å²) in [6.07, 6.45) is -0.0866.